The molecule has 7 nitrogen and oxygen atoms in total. The zero-order chi connectivity index (χ0) is 18.7. The second-order valence-electron chi connectivity index (χ2n) is 5.90. The van der Waals surface area contributed by atoms with Crippen molar-refractivity contribution in [2.75, 3.05) is 19.3 Å². The van der Waals surface area contributed by atoms with Crippen molar-refractivity contribution in [1.29, 1.82) is 0 Å². The van der Waals surface area contributed by atoms with E-state index in [0.29, 0.717) is 18.7 Å². The lowest BCUT2D eigenvalue weighted by Crippen LogP contribution is -2.54. The number of piperazine rings is 1. The highest BCUT2D eigenvalue weighted by Gasteiger charge is 2.34. The van der Waals surface area contributed by atoms with Crippen LogP contribution in [0.1, 0.15) is 17.3 Å². The monoisotopic (exact) mass is 377 g/mol. The summed E-state index contributed by atoms with van der Waals surface area (Å²) in [6.07, 6.45) is 3.64. The molecule has 26 heavy (non-hydrogen) atoms. The Labute approximate surface area is 155 Å². The van der Waals surface area contributed by atoms with Crippen LogP contribution in [-0.2, 0) is 18.4 Å². The van der Waals surface area contributed by atoms with Crippen molar-refractivity contribution in [3.05, 3.63) is 47.5 Å². The summed E-state index contributed by atoms with van der Waals surface area (Å²) in [5, 5.41) is 6.40. The van der Waals surface area contributed by atoms with Gasteiger partial charge in [0.15, 0.2) is 5.16 Å². The molecule has 2 aromatic rings. The fraction of sp³-hybridized carbons (Fsp3) is 0.353. The van der Waals surface area contributed by atoms with Gasteiger partial charge in [0.2, 0.25) is 5.91 Å². The Hall–Kier alpha value is -2.55. The van der Waals surface area contributed by atoms with Gasteiger partial charge in [-0.25, -0.2) is 14.2 Å². The van der Waals surface area contributed by atoms with Gasteiger partial charge >= 0.3 is 6.03 Å². The van der Waals surface area contributed by atoms with Gasteiger partial charge in [0, 0.05) is 20.1 Å². The number of nitrogens with one attached hydrogen (secondary N) is 2. The van der Waals surface area contributed by atoms with E-state index in [9.17, 15) is 14.0 Å². The molecule has 0 radical (unpaired) electrons. The normalized spacial score (nSPS) is 17.1. The quantitative estimate of drug-likeness (QED) is 0.795. The maximum absolute atomic E-state index is 13.6. The van der Waals surface area contributed by atoms with Gasteiger partial charge in [-0.2, -0.15) is 0 Å². The molecule has 1 atom stereocenters. The third-order valence-electron chi connectivity index (χ3n) is 4.28. The summed E-state index contributed by atoms with van der Waals surface area (Å²) in [5.74, 6) is -0.761. The molecule has 0 aliphatic carbocycles. The zero-order valence-electron chi connectivity index (χ0n) is 14.5. The number of carbonyl (C=O) groups is 2. The Morgan fingerprint density at radius 3 is 3.00 bits per heavy atom. The Balaban J connectivity index is 1.75. The van der Waals surface area contributed by atoms with E-state index in [-0.39, 0.29) is 18.5 Å². The fourth-order valence-electron chi connectivity index (χ4n) is 2.94. The van der Waals surface area contributed by atoms with Gasteiger partial charge in [-0.1, -0.05) is 23.9 Å². The molecule has 2 N–H and O–H groups in total. The number of amides is 3. The minimum Gasteiger partial charge on any atom is -0.352 e. The Morgan fingerprint density at radius 1 is 1.50 bits per heavy atom. The third kappa shape index (κ3) is 3.67. The number of carbonyl (C=O) groups excluding carboxylic acids is 2. The molecular weight excluding hydrogens is 357 g/mol. The van der Waals surface area contributed by atoms with Crippen LogP contribution in [0.3, 0.4) is 0 Å². The molecule has 3 rings (SSSR count). The summed E-state index contributed by atoms with van der Waals surface area (Å²) >= 11 is 1.52. The van der Waals surface area contributed by atoms with Gasteiger partial charge in [0.25, 0.3) is 0 Å². The van der Waals surface area contributed by atoms with Gasteiger partial charge in [-0.3, -0.25) is 4.79 Å². The van der Waals surface area contributed by atoms with Gasteiger partial charge in [0.05, 0.1) is 18.4 Å². The maximum Gasteiger partial charge on any atom is 0.318 e. The molecule has 0 unspecified atom stereocenters. The van der Waals surface area contributed by atoms with Crippen LogP contribution in [0.25, 0.3) is 0 Å². The average Bonchev–Trinajstić information content (AvgIpc) is 2.99. The molecule has 0 saturated carbocycles. The molecular formula is C17H20FN5O2S. The van der Waals surface area contributed by atoms with Crippen LogP contribution < -0.4 is 10.6 Å². The number of halogens is 1. The van der Waals surface area contributed by atoms with Gasteiger partial charge in [0.1, 0.15) is 11.9 Å². The number of imidazole rings is 1. The van der Waals surface area contributed by atoms with E-state index in [2.05, 4.69) is 15.6 Å². The van der Waals surface area contributed by atoms with Crippen LogP contribution in [0.5, 0.6) is 0 Å². The van der Waals surface area contributed by atoms with E-state index < -0.39 is 11.9 Å². The van der Waals surface area contributed by atoms with Crippen molar-refractivity contribution >= 4 is 23.7 Å². The van der Waals surface area contributed by atoms with Crippen molar-refractivity contribution in [3.8, 4) is 0 Å². The predicted molar refractivity (Wildman–Crippen MR) is 96.1 cm³/mol. The lowest BCUT2D eigenvalue weighted by molar-refractivity contribution is -0.127. The fourth-order valence-corrected chi connectivity index (χ4v) is 3.49. The zero-order valence-corrected chi connectivity index (χ0v) is 15.3. The molecule has 9 heteroatoms. The van der Waals surface area contributed by atoms with Crippen LogP contribution in [0.15, 0.2) is 35.6 Å². The van der Waals surface area contributed by atoms with Gasteiger partial charge in [-0.15, -0.1) is 0 Å². The van der Waals surface area contributed by atoms with Gasteiger partial charge < -0.3 is 20.1 Å². The summed E-state index contributed by atoms with van der Waals surface area (Å²) in [7, 11) is 1.88. The highest BCUT2D eigenvalue weighted by atomic mass is 32.2. The first kappa shape index (κ1) is 18.2. The van der Waals surface area contributed by atoms with Crippen molar-refractivity contribution in [1.82, 2.24) is 25.1 Å². The first-order chi connectivity index (χ1) is 12.5. The van der Waals surface area contributed by atoms with Crippen LogP contribution in [0.2, 0.25) is 0 Å². The lowest BCUT2D eigenvalue weighted by Gasteiger charge is -2.35. The molecule has 138 valence electrons. The highest BCUT2D eigenvalue weighted by molar-refractivity contribution is 7.98. The molecule has 0 spiro atoms. The van der Waals surface area contributed by atoms with Crippen molar-refractivity contribution in [3.63, 3.8) is 0 Å². The number of rotatable bonds is 4. The minimum atomic E-state index is -0.854. The first-order valence-corrected chi connectivity index (χ1v) is 9.36. The molecule has 1 aromatic heterocycles. The molecule has 1 fully saturated rings. The van der Waals surface area contributed by atoms with Crippen molar-refractivity contribution < 1.29 is 14.0 Å². The molecule has 3 amide bonds. The van der Waals surface area contributed by atoms with E-state index in [1.165, 1.54) is 34.9 Å². The van der Waals surface area contributed by atoms with Crippen LogP contribution in [-0.4, -0.2) is 45.7 Å². The summed E-state index contributed by atoms with van der Waals surface area (Å²) in [4.78, 5) is 30.7. The Bertz CT molecular complexity index is 825. The standard InChI is InChI=1S/C17H20FN5O2S/c1-22-13(10-21-17(22)26-2)9-20-16(25)23-7-6-19-15(24)14(23)11-4-3-5-12(18)8-11/h3-5,8,10,14H,6-7,9H2,1-2H3,(H,19,24)(H,20,25)/t14-/m0/s1. The lowest BCUT2D eigenvalue weighted by atomic mass is 10.0. The smallest absolute Gasteiger partial charge is 0.318 e. The number of thioether (sulfide) groups is 1. The second-order valence-corrected chi connectivity index (χ2v) is 6.67. The number of aromatic nitrogens is 2. The molecule has 1 aromatic carbocycles. The Kier molecular flexibility index (Phi) is 5.46. The largest absolute Gasteiger partial charge is 0.352 e. The van der Waals surface area contributed by atoms with Crippen LogP contribution in [0.4, 0.5) is 9.18 Å². The molecule has 1 saturated heterocycles. The van der Waals surface area contributed by atoms with Crippen molar-refractivity contribution in [2.24, 2.45) is 7.05 Å². The predicted octanol–water partition coefficient (Wildman–Crippen LogP) is 1.66. The first-order valence-electron chi connectivity index (χ1n) is 8.13. The summed E-state index contributed by atoms with van der Waals surface area (Å²) in [5.41, 5.74) is 1.30. The number of hydrogen-bond acceptors (Lipinski definition) is 4. The van der Waals surface area contributed by atoms with Crippen LogP contribution >= 0.6 is 11.8 Å². The van der Waals surface area contributed by atoms with Gasteiger partial charge in [-0.05, 0) is 24.0 Å². The molecule has 0 bridgehead atoms. The van der Waals surface area contributed by atoms with E-state index in [1.807, 2.05) is 17.9 Å². The van der Waals surface area contributed by atoms with E-state index in [1.54, 1.807) is 12.3 Å². The highest BCUT2D eigenvalue weighted by Crippen LogP contribution is 2.24. The number of urea groups is 1. The minimum absolute atomic E-state index is 0.289. The summed E-state index contributed by atoms with van der Waals surface area (Å²) in [6.45, 7) is 0.998. The number of benzene rings is 1. The topological polar surface area (TPSA) is 79.3 Å². The van der Waals surface area contributed by atoms with E-state index >= 15 is 0 Å². The SMILES string of the molecule is CSc1ncc(CNC(=O)N2CCNC(=O)[C@@H]2c2cccc(F)c2)n1C. The molecule has 1 aliphatic rings. The average molecular weight is 377 g/mol. The van der Waals surface area contributed by atoms with Crippen molar-refractivity contribution in [2.45, 2.75) is 17.7 Å². The molecule has 1 aliphatic heterocycles. The number of hydrogen-bond donors (Lipinski definition) is 2. The van der Waals surface area contributed by atoms with Crippen LogP contribution in [0, 0.1) is 5.82 Å². The summed E-state index contributed by atoms with van der Waals surface area (Å²) < 4.78 is 15.5. The third-order valence-corrected chi connectivity index (χ3v) is 5.03. The number of nitrogens with zero attached hydrogens (tertiary/aromatic N) is 3. The second kappa shape index (κ2) is 7.77. The Morgan fingerprint density at radius 2 is 2.31 bits per heavy atom. The maximum atomic E-state index is 13.6. The molecule has 2 heterocycles. The summed E-state index contributed by atoms with van der Waals surface area (Å²) in [6, 6.07) is 4.53. The van der Waals surface area contributed by atoms with E-state index in [0.717, 1.165) is 10.9 Å². The van der Waals surface area contributed by atoms with E-state index in [4.69, 9.17) is 0 Å².